The third kappa shape index (κ3) is 3.40. The van der Waals surface area contributed by atoms with Gasteiger partial charge in [-0.05, 0) is 37.6 Å². The van der Waals surface area contributed by atoms with Crippen LogP contribution in [-0.4, -0.2) is 4.92 Å². The number of rotatable bonds is 5. The number of benzene rings is 1. The summed E-state index contributed by atoms with van der Waals surface area (Å²) in [5.41, 5.74) is 0.198. The number of nitro benzene ring substituents is 1. The molecule has 0 spiro atoms. The number of aryl methyl sites for hydroxylation is 1. The second-order valence-electron chi connectivity index (χ2n) is 4.59. The Balaban J connectivity index is 2.00. The molecule has 4 nitrogen and oxygen atoms in total. The van der Waals surface area contributed by atoms with E-state index in [1.54, 1.807) is 17.4 Å². The summed E-state index contributed by atoms with van der Waals surface area (Å²) in [7, 11) is 0. The molecule has 0 radical (unpaired) electrons. The average molecular weight is 294 g/mol. The summed E-state index contributed by atoms with van der Waals surface area (Å²) in [4.78, 5) is 12.3. The lowest BCUT2D eigenvalue weighted by atomic mass is 10.2. The Labute approximate surface area is 120 Å². The quantitative estimate of drug-likeness (QED) is 0.671. The molecule has 0 aliphatic rings. The molecular formula is C14H15FN2O2S. The third-order valence-corrected chi connectivity index (χ3v) is 4.19. The van der Waals surface area contributed by atoms with Crippen LogP contribution in [0.1, 0.15) is 28.3 Å². The SMILES string of the molecule is Cc1ccc(C(C)NCc2ccc([N+](=O)[O-])c(F)c2)s1. The van der Waals surface area contributed by atoms with Crippen molar-refractivity contribution < 1.29 is 9.31 Å². The summed E-state index contributed by atoms with van der Waals surface area (Å²) in [6, 6.07) is 8.26. The van der Waals surface area contributed by atoms with Gasteiger partial charge in [-0.25, -0.2) is 0 Å². The van der Waals surface area contributed by atoms with Gasteiger partial charge in [0.05, 0.1) is 4.92 Å². The molecule has 1 heterocycles. The number of thiophene rings is 1. The van der Waals surface area contributed by atoms with Crippen molar-refractivity contribution in [3.8, 4) is 0 Å². The average Bonchev–Trinajstić information content (AvgIpc) is 2.82. The molecule has 1 unspecified atom stereocenters. The van der Waals surface area contributed by atoms with Gasteiger partial charge < -0.3 is 5.32 Å². The summed E-state index contributed by atoms with van der Waals surface area (Å²) in [6.45, 7) is 4.55. The van der Waals surface area contributed by atoms with E-state index in [4.69, 9.17) is 0 Å². The number of nitrogens with one attached hydrogen (secondary N) is 1. The van der Waals surface area contributed by atoms with Crippen molar-refractivity contribution in [2.24, 2.45) is 0 Å². The standard InChI is InChI=1S/C14H15FN2O2S/c1-9-3-6-14(20-9)10(2)16-8-11-4-5-13(17(18)19)12(15)7-11/h3-7,10,16H,8H2,1-2H3. The largest absolute Gasteiger partial charge is 0.305 e. The zero-order chi connectivity index (χ0) is 14.7. The molecule has 0 saturated carbocycles. The van der Waals surface area contributed by atoms with E-state index in [2.05, 4.69) is 17.4 Å². The van der Waals surface area contributed by atoms with Crippen LogP contribution < -0.4 is 5.32 Å². The summed E-state index contributed by atoms with van der Waals surface area (Å²) < 4.78 is 13.5. The Morgan fingerprint density at radius 1 is 1.40 bits per heavy atom. The fourth-order valence-electron chi connectivity index (χ4n) is 1.87. The van der Waals surface area contributed by atoms with Crippen molar-refractivity contribution >= 4 is 17.0 Å². The molecule has 0 aliphatic carbocycles. The van der Waals surface area contributed by atoms with Gasteiger partial charge >= 0.3 is 5.69 Å². The molecule has 1 aromatic carbocycles. The molecule has 2 rings (SSSR count). The van der Waals surface area contributed by atoms with Gasteiger partial charge in [-0.2, -0.15) is 4.39 Å². The minimum absolute atomic E-state index is 0.159. The molecule has 2 aromatic rings. The molecule has 0 amide bonds. The second-order valence-corrected chi connectivity index (χ2v) is 5.91. The molecule has 0 saturated heterocycles. The topological polar surface area (TPSA) is 55.2 Å². The molecule has 106 valence electrons. The van der Waals surface area contributed by atoms with Crippen LogP contribution >= 0.6 is 11.3 Å². The van der Waals surface area contributed by atoms with Crippen molar-refractivity contribution in [3.63, 3.8) is 0 Å². The number of hydrogen-bond donors (Lipinski definition) is 1. The maximum absolute atomic E-state index is 13.5. The highest BCUT2D eigenvalue weighted by atomic mass is 32.1. The van der Waals surface area contributed by atoms with Gasteiger partial charge in [0.1, 0.15) is 0 Å². The number of nitro groups is 1. The Morgan fingerprint density at radius 2 is 2.15 bits per heavy atom. The Kier molecular flexibility index (Phi) is 4.46. The van der Waals surface area contributed by atoms with Crippen LogP contribution in [0.5, 0.6) is 0 Å². The summed E-state index contributed by atoms with van der Waals surface area (Å²) in [5.74, 6) is -0.797. The first kappa shape index (κ1) is 14.6. The predicted molar refractivity (Wildman–Crippen MR) is 77.4 cm³/mol. The lowest BCUT2D eigenvalue weighted by molar-refractivity contribution is -0.387. The van der Waals surface area contributed by atoms with Crippen LogP contribution in [0.3, 0.4) is 0 Å². The monoisotopic (exact) mass is 294 g/mol. The van der Waals surface area contributed by atoms with E-state index in [0.717, 1.165) is 0 Å². The van der Waals surface area contributed by atoms with E-state index in [9.17, 15) is 14.5 Å². The van der Waals surface area contributed by atoms with E-state index in [1.807, 2.05) is 13.8 Å². The molecule has 6 heteroatoms. The Hall–Kier alpha value is -1.79. The lowest BCUT2D eigenvalue weighted by Gasteiger charge is -2.12. The summed E-state index contributed by atoms with van der Waals surface area (Å²) in [5, 5.41) is 13.8. The van der Waals surface area contributed by atoms with E-state index < -0.39 is 16.4 Å². The minimum atomic E-state index is -0.797. The Bertz CT molecular complexity index is 627. The van der Waals surface area contributed by atoms with Crippen LogP contribution in [0.25, 0.3) is 0 Å². The highest BCUT2D eigenvalue weighted by Crippen LogP contribution is 2.23. The second kappa shape index (κ2) is 6.11. The van der Waals surface area contributed by atoms with Crippen molar-refractivity contribution in [1.29, 1.82) is 0 Å². The molecule has 0 bridgehead atoms. The van der Waals surface area contributed by atoms with Gasteiger partial charge in [0.2, 0.25) is 5.82 Å². The highest BCUT2D eigenvalue weighted by molar-refractivity contribution is 7.12. The third-order valence-electron chi connectivity index (χ3n) is 3.01. The van der Waals surface area contributed by atoms with Crippen LogP contribution in [0.15, 0.2) is 30.3 Å². The maximum Gasteiger partial charge on any atom is 0.304 e. The predicted octanol–water partition coefficient (Wildman–Crippen LogP) is 3.95. The van der Waals surface area contributed by atoms with Crippen LogP contribution in [0.2, 0.25) is 0 Å². The summed E-state index contributed by atoms with van der Waals surface area (Å²) in [6.07, 6.45) is 0. The van der Waals surface area contributed by atoms with E-state index in [1.165, 1.54) is 21.9 Å². The first-order valence-corrected chi connectivity index (χ1v) is 7.01. The van der Waals surface area contributed by atoms with Gasteiger partial charge in [-0.1, -0.05) is 6.07 Å². The van der Waals surface area contributed by atoms with Crippen molar-refractivity contribution in [3.05, 3.63) is 61.6 Å². The minimum Gasteiger partial charge on any atom is -0.305 e. The first-order valence-electron chi connectivity index (χ1n) is 6.20. The number of nitrogens with zero attached hydrogens (tertiary/aromatic N) is 1. The fraction of sp³-hybridized carbons (Fsp3) is 0.286. The summed E-state index contributed by atoms with van der Waals surface area (Å²) >= 11 is 1.71. The van der Waals surface area contributed by atoms with Crippen molar-refractivity contribution in [2.75, 3.05) is 0 Å². The van der Waals surface area contributed by atoms with Gasteiger partial charge in [0.15, 0.2) is 0 Å². The molecule has 1 N–H and O–H groups in total. The molecule has 1 aromatic heterocycles. The maximum atomic E-state index is 13.5. The first-order chi connectivity index (χ1) is 9.47. The fourth-order valence-corrected chi connectivity index (χ4v) is 2.77. The normalized spacial score (nSPS) is 12.3. The molecule has 1 atom stereocenters. The zero-order valence-electron chi connectivity index (χ0n) is 11.2. The van der Waals surface area contributed by atoms with E-state index >= 15 is 0 Å². The van der Waals surface area contributed by atoms with Crippen LogP contribution in [0.4, 0.5) is 10.1 Å². The van der Waals surface area contributed by atoms with Crippen molar-refractivity contribution in [1.82, 2.24) is 5.32 Å². The molecular weight excluding hydrogens is 279 g/mol. The van der Waals surface area contributed by atoms with Crippen molar-refractivity contribution in [2.45, 2.75) is 26.4 Å². The molecule has 20 heavy (non-hydrogen) atoms. The number of hydrogen-bond acceptors (Lipinski definition) is 4. The van der Waals surface area contributed by atoms with Gasteiger partial charge in [-0.15, -0.1) is 11.3 Å². The number of halogens is 1. The smallest absolute Gasteiger partial charge is 0.304 e. The van der Waals surface area contributed by atoms with Crippen LogP contribution in [-0.2, 0) is 6.54 Å². The Morgan fingerprint density at radius 3 is 2.70 bits per heavy atom. The van der Waals surface area contributed by atoms with E-state index in [-0.39, 0.29) is 6.04 Å². The van der Waals surface area contributed by atoms with Gasteiger partial charge in [0.25, 0.3) is 0 Å². The highest BCUT2D eigenvalue weighted by Gasteiger charge is 2.14. The van der Waals surface area contributed by atoms with E-state index in [0.29, 0.717) is 12.1 Å². The van der Waals surface area contributed by atoms with Gasteiger partial charge in [0, 0.05) is 28.4 Å². The molecule has 0 fully saturated rings. The van der Waals surface area contributed by atoms with Gasteiger partial charge in [-0.3, -0.25) is 10.1 Å². The lowest BCUT2D eigenvalue weighted by Crippen LogP contribution is -2.17. The molecule has 0 aliphatic heterocycles. The zero-order valence-corrected chi connectivity index (χ0v) is 12.0. The van der Waals surface area contributed by atoms with Crippen LogP contribution in [0, 0.1) is 22.9 Å².